The number of hydrogen-bond acceptors (Lipinski definition) is 7. The van der Waals surface area contributed by atoms with Gasteiger partial charge in [0.05, 0.1) is 5.75 Å². The van der Waals surface area contributed by atoms with Crippen LogP contribution in [0, 0.1) is 12.8 Å². The molecule has 0 aliphatic heterocycles. The minimum Gasteiger partial charge on any atom is -0.302 e. The fourth-order valence-electron chi connectivity index (χ4n) is 3.17. The summed E-state index contributed by atoms with van der Waals surface area (Å²) < 4.78 is 2.08. The molecule has 1 fully saturated rings. The maximum atomic E-state index is 12.1. The van der Waals surface area contributed by atoms with Crippen molar-refractivity contribution in [2.75, 3.05) is 11.1 Å². The first-order valence-corrected chi connectivity index (χ1v) is 10.7. The van der Waals surface area contributed by atoms with Gasteiger partial charge in [0.2, 0.25) is 11.0 Å². The summed E-state index contributed by atoms with van der Waals surface area (Å²) in [5.41, 5.74) is 0. The molecule has 2 heterocycles. The summed E-state index contributed by atoms with van der Waals surface area (Å²) in [7, 11) is 0. The van der Waals surface area contributed by atoms with Gasteiger partial charge in [0.15, 0.2) is 5.16 Å². The molecule has 2 aromatic heterocycles. The molecule has 0 atom stereocenters. The van der Waals surface area contributed by atoms with E-state index in [9.17, 15) is 4.79 Å². The van der Waals surface area contributed by atoms with Crippen LogP contribution in [0.25, 0.3) is 0 Å². The molecule has 9 heteroatoms. The molecular weight excluding hydrogens is 368 g/mol. The van der Waals surface area contributed by atoms with Crippen LogP contribution in [0.5, 0.6) is 0 Å². The number of carbonyl (C=O) groups is 1. The predicted molar refractivity (Wildman–Crippen MR) is 104 cm³/mol. The van der Waals surface area contributed by atoms with Crippen LogP contribution in [-0.4, -0.2) is 36.6 Å². The van der Waals surface area contributed by atoms with Gasteiger partial charge in [0.25, 0.3) is 0 Å². The Bertz CT molecular complexity index is 750. The second-order valence-corrected chi connectivity index (χ2v) is 8.59. The van der Waals surface area contributed by atoms with Crippen LogP contribution in [0.1, 0.15) is 42.9 Å². The van der Waals surface area contributed by atoms with Crippen LogP contribution in [0.3, 0.4) is 0 Å². The summed E-state index contributed by atoms with van der Waals surface area (Å²) in [4.78, 5) is 12.1. The van der Waals surface area contributed by atoms with Crippen LogP contribution in [-0.2, 0) is 17.8 Å². The highest BCUT2D eigenvalue weighted by Gasteiger charge is 2.19. The van der Waals surface area contributed by atoms with E-state index in [1.165, 1.54) is 55.2 Å². The van der Waals surface area contributed by atoms with Crippen LogP contribution in [0.15, 0.2) is 17.8 Å². The molecule has 1 saturated carbocycles. The lowest BCUT2D eigenvalue weighted by Crippen LogP contribution is -2.15. The lowest BCUT2D eigenvalue weighted by atomic mass is 9.87. The van der Waals surface area contributed by atoms with Crippen molar-refractivity contribution in [2.45, 2.75) is 57.1 Å². The zero-order chi connectivity index (χ0) is 18.4. The van der Waals surface area contributed by atoms with E-state index in [4.69, 9.17) is 0 Å². The van der Waals surface area contributed by atoms with E-state index < -0.39 is 0 Å². The number of aromatic nitrogens is 5. The molecule has 7 nitrogen and oxygen atoms in total. The maximum absolute atomic E-state index is 12.1. The van der Waals surface area contributed by atoms with E-state index in [2.05, 4.69) is 36.9 Å². The Balaban J connectivity index is 1.59. The Kier molecular flexibility index (Phi) is 6.79. The van der Waals surface area contributed by atoms with Crippen molar-refractivity contribution in [3.63, 3.8) is 0 Å². The lowest BCUT2D eigenvalue weighted by molar-refractivity contribution is -0.113. The van der Waals surface area contributed by atoms with Crippen molar-refractivity contribution in [3.8, 4) is 0 Å². The van der Waals surface area contributed by atoms with Crippen molar-refractivity contribution in [3.05, 3.63) is 23.5 Å². The standard InChI is InChI=1S/C17H24N6OS2/c1-3-9-23-14(10-13-7-5-4-6-8-13)20-22-17(23)25-11-15(24)18-16-21-19-12(2)26-16/h3,13H,1,4-11H2,2H3,(H,18,21,24). The van der Waals surface area contributed by atoms with Crippen molar-refractivity contribution in [2.24, 2.45) is 5.92 Å². The molecular formula is C17H24N6OS2. The van der Waals surface area contributed by atoms with Gasteiger partial charge >= 0.3 is 0 Å². The van der Waals surface area contributed by atoms with Gasteiger partial charge in [-0.05, 0) is 12.8 Å². The van der Waals surface area contributed by atoms with E-state index in [1.54, 1.807) is 0 Å². The average molecular weight is 393 g/mol. The minimum atomic E-state index is -0.117. The van der Waals surface area contributed by atoms with Gasteiger partial charge in [0.1, 0.15) is 10.8 Å². The van der Waals surface area contributed by atoms with Gasteiger partial charge < -0.3 is 4.57 Å². The highest BCUT2D eigenvalue weighted by atomic mass is 32.2. The normalized spacial score (nSPS) is 15.1. The number of carbonyl (C=O) groups excluding carboxylic acids is 1. The third-order valence-electron chi connectivity index (χ3n) is 4.41. The minimum absolute atomic E-state index is 0.117. The van der Waals surface area contributed by atoms with E-state index in [1.807, 2.05) is 13.0 Å². The number of thioether (sulfide) groups is 1. The number of allylic oxidation sites excluding steroid dienone is 1. The molecule has 1 amide bonds. The molecule has 26 heavy (non-hydrogen) atoms. The Morgan fingerprint density at radius 3 is 2.81 bits per heavy atom. The van der Waals surface area contributed by atoms with Gasteiger partial charge in [-0.25, -0.2) is 0 Å². The first-order valence-electron chi connectivity index (χ1n) is 8.91. The fourth-order valence-corrected chi connectivity index (χ4v) is 4.55. The van der Waals surface area contributed by atoms with Gasteiger partial charge in [-0.15, -0.1) is 27.0 Å². The molecule has 0 bridgehead atoms. The Morgan fingerprint density at radius 1 is 1.31 bits per heavy atom. The second kappa shape index (κ2) is 9.27. The van der Waals surface area contributed by atoms with Crippen LogP contribution >= 0.6 is 23.1 Å². The molecule has 0 saturated heterocycles. The number of nitrogens with one attached hydrogen (secondary N) is 1. The highest BCUT2D eigenvalue weighted by molar-refractivity contribution is 7.99. The number of hydrogen-bond donors (Lipinski definition) is 1. The van der Waals surface area contributed by atoms with Gasteiger partial charge in [-0.1, -0.05) is 61.3 Å². The predicted octanol–water partition coefficient (Wildman–Crippen LogP) is 3.48. The average Bonchev–Trinajstić information content (AvgIpc) is 3.21. The number of aryl methyl sites for hydroxylation is 1. The SMILES string of the molecule is C=CCn1c(CC2CCCCC2)nnc1SCC(=O)Nc1nnc(C)s1. The number of nitrogens with zero attached hydrogens (tertiary/aromatic N) is 5. The third kappa shape index (κ3) is 5.14. The van der Waals surface area contributed by atoms with Gasteiger partial charge in [-0.3, -0.25) is 10.1 Å². The zero-order valence-electron chi connectivity index (χ0n) is 15.0. The molecule has 0 aromatic carbocycles. The Labute approximate surface area is 161 Å². The van der Waals surface area contributed by atoms with E-state index >= 15 is 0 Å². The lowest BCUT2D eigenvalue weighted by Gasteiger charge is -2.21. The summed E-state index contributed by atoms with van der Waals surface area (Å²) in [6.07, 6.45) is 9.32. The zero-order valence-corrected chi connectivity index (χ0v) is 16.6. The molecule has 1 aliphatic carbocycles. The van der Waals surface area contributed by atoms with Crippen molar-refractivity contribution < 1.29 is 4.79 Å². The van der Waals surface area contributed by atoms with Crippen molar-refractivity contribution in [1.29, 1.82) is 0 Å². The number of anilines is 1. The molecule has 2 aromatic rings. The highest BCUT2D eigenvalue weighted by Crippen LogP contribution is 2.27. The summed E-state index contributed by atoms with van der Waals surface area (Å²) in [5, 5.41) is 21.4. The first-order chi connectivity index (χ1) is 12.7. The maximum Gasteiger partial charge on any atom is 0.236 e. The fraction of sp³-hybridized carbons (Fsp3) is 0.588. The monoisotopic (exact) mass is 392 g/mol. The molecule has 3 rings (SSSR count). The Morgan fingerprint density at radius 2 is 2.12 bits per heavy atom. The summed E-state index contributed by atoms with van der Waals surface area (Å²) in [6.45, 7) is 6.36. The van der Waals surface area contributed by atoms with Crippen LogP contribution in [0.2, 0.25) is 0 Å². The smallest absolute Gasteiger partial charge is 0.236 e. The van der Waals surface area contributed by atoms with E-state index in [-0.39, 0.29) is 11.7 Å². The number of rotatable bonds is 8. The second-order valence-electron chi connectivity index (χ2n) is 6.47. The summed E-state index contributed by atoms with van der Waals surface area (Å²) >= 11 is 2.75. The van der Waals surface area contributed by atoms with Crippen LogP contribution < -0.4 is 5.32 Å². The molecule has 0 radical (unpaired) electrons. The number of amides is 1. The van der Waals surface area contributed by atoms with Crippen molar-refractivity contribution >= 4 is 34.1 Å². The summed E-state index contributed by atoms with van der Waals surface area (Å²) in [6, 6.07) is 0. The van der Waals surface area contributed by atoms with Gasteiger partial charge in [0, 0.05) is 13.0 Å². The molecule has 0 spiro atoms. The largest absolute Gasteiger partial charge is 0.302 e. The van der Waals surface area contributed by atoms with E-state index in [0.29, 0.717) is 17.6 Å². The third-order valence-corrected chi connectivity index (χ3v) is 6.13. The molecule has 140 valence electrons. The van der Waals surface area contributed by atoms with Gasteiger partial charge in [-0.2, -0.15) is 0 Å². The topological polar surface area (TPSA) is 85.6 Å². The van der Waals surface area contributed by atoms with Crippen LogP contribution in [0.4, 0.5) is 5.13 Å². The summed E-state index contributed by atoms with van der Waals surface area (Å²) in [5.74, 6) is 1.84. The quantitative estimate of drug-likeness (QED) is 0.547. The molecule has 1 N–H and O–H groups in total. The van der Waals surface area contributed by atoms with E-state index in [0.717, 1.165) is 22.4 Å². The molecule has 0 unspecified atom stereocenters. The first kappa shape index (κ1) is 19.0. The Hall–Kier alpha value is -1.74. The molecule has 1 aliphatic rings. The van der Waals surface area contributed by atoms with Crippen molar-refractivity contribution in [1.82, 2.24) is 25.0 Å².